The number of fused-ring (bicyclic) bond motifs is 1. The van der Waals surface area contributed by atoms with E-state index in [-0.39, 0.29) is 5.57 Å². The van der Waals surface area contributed by atoms with Crippen LogP contribution in [0, 0.1) is 11.3 Å². The zero-order chi connectivity index (χ0) is 12.4. The van der Waals surface area contributed by atoms with Gasteiger partial charge in [0.15, 0.2) is 0 Å². The van der Waals surface area contributed by atoms with Crippen LogP contribution in [0.1, 0.15) is 4.88 Å². The lowest BCUT2D eigenvalue weighted by atomic mass is 10.2. The molecule has 1 aromatic carbocycles. The maximum atomic E-state index is 10.8. The molecular weight excluding hydrogens is 302 g/mol. The quantitative estimate of drug-likeness (QED) is 0.680. The van der Waals surface area contributed by atoms with Gasteiger partial charge in [-0.2, -0.15) is 5.26 Å². The van der Waals surface area contributed by atoms with Gasteiger partial charge in [-0.25, -0.2) is 4.79 Å². The van der Waals surface area contributed by atoms with E-state index in [1.54, 1.807) is 6.07 Å². The van der Waals surface area contributed by atoms with Gasteiger partial charge in [0.05, 0.1) is 0 Å². The van der Waals surface area contributed by atoms with Crippen molar-refractivity contribution in [1.29, 1.82) is 5.26 Å². The highest BCUT2D eigenvalue weighted by atomic mass is 79.9. The van der Waals surface area contributed by atoms with Crippen LogP contribution >= 0.6 is 27.3 Å². The van der Waals surface area contributed by atoms with Crippen LogP contribution in [-0.2, 0) is 4.79 Å². The fraction of sp³-hybridized carbons (Fsp3) is 0. The molecule has 0 fully saturated rings. The fourth-order valence-corrected chi connectivity index (χ4v) is 3.27. The Kier molecular flexibility index (Phi) is 3.27. The van der Waals surface area contributed by atoms with E-state index >= 15 is 0 Å². The van der Waals surface area contributed by atoms with Gasteiger partial charge < -0.3 is 5.11 Å². The summed E-state index contributed by atoms with van der Waals surface area (Å²) in [6, 6.07) is 9.40. The zero-order valence-electron chi connectivity index (χ0n) is 8.48. The molecule has 0 bridgehead atoms. The van der Waals surface area contributed by atoms with Crippen LogP contribution in [0.25, 0.3) is 16.2 Å². The summed E-state index contributed by atoms with van der Waals surface area (Å²) in [7, 11) is 0. The Morgan fingerprint density at radius 2 is 2.18 bits per heavy atom. The molecule has 1 aromatic heterocycles. The molecule has 0 radical (unpaired) electrons. The van der Waals surface area contributed by atoms with E-state index in [1.165, 1.54) is 17.4 Å². The lowest BCUT2D eigenvalue weighted by Gasteiger charge is -1.91. The van der Waals surface area contributed by atoms with E-state index in [9.17, 15) is 4.79 Å². The first-order valence-electron chi connectivity index (χ1n) is 4.65. The van der Waals surface area contributed by atoms with Gasteiger partial charge in [-0.05, 0) is 28.1 Å². The molecule has 17 heavy (non-hydrogen) atoms. The summed E-state index contributed by atoms with van der Waals surface area (Å²) in [6.45, 7) is 0. The Bertz CT molecular complexity index is 667. The van der Waals surface area contributed by atoms with E-state index in [0.717, 1.165) is 19.4 Å². The summed E-state index contributed by atoms with van der Waals surface area (Å²) in [5.41, 5.74) is -0.266. The van der Waals surface area contributed by atoms with Crippen molar-refractivity contribution >= 4 is 49.4 Å². The Hall–Kier alpha value is -1.64. The molecule has 0 atom stereocenters. The summed E-state index contributed by atoms with van der Waals surface area (Å²) in [4.78, 5) is 11.5. The Balaban J connectivity index is 2.61. The highest BCUT2D eigenvalue weighted by molar-refractivity contribution is 9.10. The van der Waals surface area contributed by atoms with Crippen molar-refractivity contribution < 1.29 is 9.90 Å². The number of carboxylic acid groups (broad SMARTS) is 1. The van der Waals surface area contributed by atoms with Crippen molar-refractivity contribution in [2.75, 3.05) is 0 Å². The third kappa shape index (κ3) is 2.23. The maximum absolute atomic E-state index is 10.8. The average molecular weight is 308 g/mol. The van der Waals surface area contributed by atoms with Gasteiger partial charge in [0.2, 0.25) is 0 Å². The van der Waals surface area contributed by atoms with Gasteiger partial charge >= 0.3 is 5.97 Å². The van der Waals surface area contributed by atoms with Gasteiger partial charge in [-0.1, -0.05) is 18.2 Å². The Labute approximate surface area is 110 Å². The molecule has 0 aliphatic heterocycles. The minimum absolute atomic E-state index is 0.266. The molecule has 3 nitrogen and oxygen atoms in total. The molecule has 2 rings (SSSR count). The molecule has 0 unspecified atom stereocenters. The highest BCUT2D eigenvalue weighted by Crippen LogP contribution is 2.36. The van der Waals surface area contributed by atoms with Gasteiger partial charge in [-0.15, -0.1) is 11.3 Å². The summed E-state index contributed by atoms with van der Waals surface area (Å²) in [5, 5.41) is 18.5. The lowest BCUT2D eigenvalue weighted by Crippen LogP contribution is -1.96. The number of hydrogen-bond acceptors (Lipinski definition) is 3. The lowest BCUT2D eigenvalue weighted by molar-refractivity contribution is -0.132. The van der Waals surface area contributed by atoms with Crippen LogP contribution in [0.2, 0.25) is 0 Å². The maximum Gasteiger partial charge on any atom is 0.346 e. The predicted octanol–water partition coefficient (Wildman–Crippen LogP) is 3.66. The fourth-order valence-electron chi connectivity index (χ4n) is 1.40. The third-order valence-corrected chi connectivity index (χ3v) is 4.42. The van der Waals surface area contributed by atoms with E-state index < -0.39 is 5.97 Å². The van der Waals surface area contributed by atoms with E-state index in [4.69, 9.17) is 10.4 Å². The molecule has 0 aliphatic rings. The minimum atomic E-state index is -1.21. The number of carbonyl (C=O) groups is 1. The van der Waals surface area contributed by atoms with E-state index in [1.807, 2.05) is 24.3 Å². The second-order valence-electron chi connectivity index (χ2n) is 3.25. The SMILES string of the molecule is N#C/C(=C\c1sc2ccccc2c1Br)C(=O)O. The molecule has 1 N–H and O–H groups in total. The second-order valence-corrected chi connectivity index (χ2v) is 5.13. The number of nitriles is 1. The number of carboxylic acids is 1. The molecular formula is C12H6BrNO2S. The van der Waals surface area contributed by atoms with Crippen LogP contribution in [0.4, 0.5) is 0 Å². The van der Waals surface area contributed by atoms with Crippen molar-refractivity contribution in [3.05, 3.63) is 39.2 Å². The minimum Gasteiger partial charge on any atom is -0.477 e. The number of aliphatic carboxylic acids is 1. The molecule has 5 heteroatoms. The molecule has 0 saturated carbocycles. The largest absolute Gasteiger partial charge is 0.477 e. The first-order chi connectivity index (χ1) is 8.13. The zero-order valence-corrected chi connectivity index (χ0v) is 10.9. The van der Waals surface area contributed by atoms with Crippen LogP contribution in [0.15, 0.2) is 34.3 Å². The number of thiophene rings is 1. The van der Waals surface area contributed by atoms with Gasteiger partial charge in [0, 0.05) is 19.4 Å². The first-order valence-corrected chi connectivity index (χ1v) is 6.26. The van der Waals surface area contributed by atoms with Gasteiger partial charge in [-0.3, -0.25) is 0 Å². The van der Waals surface area contributed by atoms with Gasteiger partial charge in [0.25, 0.3) is 0 Å². The molecule has 84 valence electrons. The molecule has 1 heterocycles. The van der Waals surface area contributed by atoms with Crippen molar-refractivity contribution in [3.63, 3.8) is 0 Å². The smallest absolute Gasteiger partial charge is 0.346 e. The Morgan fingerprint density at radius 3 is 2.76 bits per heavy atom. The number of rotatable bonds is 2. The summed E-state index contributed by atoms with van der Waals surface area (Å²) >= 11 is 4.87. The number of nitrogens with zero attached hydrogens (tertiary/aromatic N) is 1. The Morgan fingerprint density at radius 1 is 1.47 bits per heavy atom. The normalized spacial score (nSPS) is 11.4. The molecule has 0 saturated heterocycles. The number of hydrogen-bond donors (Lipinski definition) is 1. The van der Waals surface area contributed by atoms with E-state index in [2.05, 4.69) is 15.9 Å². The molecule has 0 aliphatic carbocycles. The monoisotopic (exact) mass is 307 g/mol. The molecule has 0 amide bonds. The van der Waals surface area contributed by atoms with Crippen molar-refractivity contribution in [3.8, 4) is 6.07 Å². The van der Waals surface area contributed by atoms with Crippen molar-refractivity contribution in [2.45, 2.75) is 0 Å². The standard InChI is InChI=1S/C12H6BrNO2S/c13-11-8-3-1-2-4-9(8)17-10(11)5-7(6-14)12(15)16/h1-5H,(H,15,16)/b7-5+. The number of benzene rings is 1. The van der Waals surface area contributed by atoms with E-state index in [0.29, 0.717) is 0 Å². The van der Waals surface area contributed by atoms with Crippen molar-refractivity contribution in [2.24, 2.45) is 0 Å². The highest BCUT2D eigenvalue weighted by Gasteiger charge is 2.11. The van der Waals surface area contributed by atoms with Crippen LogP contribution in [-0.4, -0.2) is 11.1 Å². The second kappa shape index (κ2) is 4.70. The van der Waals surface area contributed by atoms with Crippen LogP contribution in [0.3, 0.4) is 0 Å². The number of halogens is 1. The van der Waals surface area contributed by atoms with Crippen LogP contribution < -0.4 is 0 Å². The summed E-state index contributed by atoms with van der Waals surface area (Å²) in [5.74, 6) is -1.21. The molecule has 2 aromatic rings. The molecule has 0 spiro atoms. The van der Waals surface area contributed by atoms with Gasteiger partial charge in [0.1, 0.15) is 11.6 Å². The topological polar surface area (TPSA) is 61.1 Å². The van der Waals surface area contributed by atoms with Crippen LogP contribution in [0.5, 0.6) is 0 Å². The first kappa shape index (κ1) is 11.8. The van der Waals surface area contributed by atoms with Crippen molar-refractivity contribution in [1.82, 2.24) is 0 Å². The predicted molar refractivity (Wildman–Crippen MR) is 70.8 cm³/mol. The average Bonchev–Trinajstić information content (AvgIpc) is 2.63. The summed E-state index contributed by atoms with van der Waals surface area (Å²) < 4.78 is 1.88. The summed E-state index contributed by atoms with van der Waals surface area (Å²) in [6.07, 6.45) is 1.39. The third-order valence-electron chi connectivity index (χ3n) is 2.19.